The lowest BCUT2D eigenvalue weighted by Gasteiger charge is -2.33. The van der Waals surface area contributed by atoms with Gasteiger partial charge in [-0.05, 0) is 0 Å². The van der Waals surface area contributed by atoms with E-state index < -0.39 is 87.7 Å². The van der Waals surface area contributed by atoms with Crippen LogP contribution < -0.4 is 22.1 Å². The Bertz CT molecular complexity index is 1840. The van der Waals surface area contributed by atoms with Crippen molar-refractivity contribution in [2.75, 3.05) is 30.9 Å². The number of anilines is 2. The van der Waals surface area contributed by atoms with Crippen molar-refractivity contribution in [3.8, 4) is 0 Å². The van der Waals surface area contributed by atoms with E-state index in [-0.39, 0.29) is 23.9 Å². The number of nitrogens with one attached hydrogen (secondary N) is 2. The molecule has 4 fully saturated rings. The van der Waals surface area contributed by atoms with E-state index in [1.165, 1.54) is 28.1 Å². The van der Waals surface area contributed by atoms with E-state index in [9.17, 15) is 13.9 Å². The van der Waals surface area contributed by atoms with Gasteiger partial charge in [-0.3, -0.25) is 37.8 Å². The molecule has 5 aliphatic heterocycles. The summed E-state index contributed by atoms with van der Waals surface area (Å²) >= 11 is 8.25. The Hall–Kier alpha value is -2.40. The van der Waals surface area contributed by atoms with Crippen molar-refractivity contribution in [2.45, 2.75) is 54.9 Å². The van der Waals surface area contributed by atoms with Crippen LogP contribution >= 0.6 is 38.1 Å². The molecule has 46 heavy (non-hydrogen) atoms. The van der Waals surface area contributed by atoms with Crippen molar-refractivity contribution in [2.24, 2.45) is 5.73 Å². The smallest absolute Gasteiger partial charge is 0.382 e. The fraction of sp³-hybridized carbons (Fsp3) is 0.571. The monoisotopic (exact) mass is 722 g/mol. The Kier molecular flexibility index (Phi) is 7.26. The Morgan fingerprint density at radius 1 is 1.00 bits per heavy atom. The van der Waals surface area contributed by atoms with Gasteiger partial charge in [-0.25, -0.2) is 33.5 Å². The number of imidazole rings is 2. The maximum absolute atomic E-state index is 16.0. The molecule has 4 saturated heterocycles. The average molecular weight is 723 g/mol. The highest BCUT2D eigenvalue weighted by Crippen LogP contribution is 2.63. The number of nitrogens with zero attached hydrogens (tertiary/aromatic N) is 6. The van der Waals surface area contributed by atoms with Gasteiger partial charge < -0.3 is 30.6 Å². The number of alkyl halides is 1. The highest BCUT2D eigenvalue weighted by atomic mass is 32.7. The molecule has 20 nitrogen and oxygen atoms in total. The summed E-state index contributed by atoms with van der Waals surface area (Å²) < 4.78 is 87.0. The molecule has 0 aromatic carbocycles. The predicted molar refractivity (Wildman–Crippen MR) is 157 cm³/mol. The minimum Gasteiger partial charge on any atom is -0.382 e. The van der Waals surface area contributed by atoms with Gasteiger partial charge >= 0.3 is 13.6 Å². The number of carbonyl (C=O) groups excluding carboxylic acids is 1. The van der Waals surface area contributed by atoms with Crippen molar-refractivity contribution < 1.29 is 50.6 Å². The van der Waals surface area contributed by atoms with Crippen LogP contribution in [0.3, 0.4) is 0 Å². The first-order valence-corrected chi connectivity index (χ1v) is 19.0. The first-order chi connectivity index (χ1) is 21.8. The molecule has 0 spiro atoms. The van der Waals surface area contributed by atoms with Crippen LogP contribution in [-0.2, 0) is 41.4 Å². The number of halogens is 1. The molecule has 8 rings (SSSR count). The maximum Gasteiger partial charge on any atom is 0.386 e. The number of hydrogen-bond donors (Lipinski definition) is 6. The molecule has 11 atom stereocenters. The van der Waals surface area contributed by atoms with Gasteiger partial charge in [-0.2, -0.15) is 0 Å². The Morgan fingerprint density at radius 3 is 2.61 bits per heavy atom. The normalized spacial score (nSPS) is 42.4. The Labute approximate surface area is 267 Å². The molecule has 1 unspecified atom stereocenters. The molecule has 5 aliphatic rings. The van der Waals surface area contributed by atoms with Gasteiger partial charge in [0.2, 0.25) is 0 Å². The zero-order valence-electron chi connectivity index (χ0n) is 23.1. The average Bonchev–Trinajstić information content (AvgIpc) is 3.80. The summed E-state index contributed by atoms with van der Waals surface area (Å²) in [7, 11) is 0. The lowest BCUT2D eigenvalue weighted by molar-refractivity contribution is -0.182. The fourth-order valence-corrected chi connectivity index (χ4v) is 9.04. The number of ether oxygens (including phenoxy) is 3. The second-order valence-corrected chi connectivity index (χ2v) is 16.7. The molecule has 0 radical (unpaired) electrons. The third-order valence-corrected chi connectivity index (χ3v) is 11.3. The van der Waals surface area contributed by atoms with E-state index in [2.05, 4.69) is 55.1 Å². The second-order valence-electron chi connectivity index (χ2n) is 11.0. The van der Waals surface area contributed by atoms with E-state index in [1.807, 2.05) is 0 Å². The van der Waals surface area contributed by atoms with Crippen LogP contribution in [0.5, 0.6) is 0 Å². The Morgan fingerprint density at radius 2 is 1.78 bits per heavy atom. The molecule has 248 valence electrons. The van der Waals surface area contributed by atoms with Gasteiger partial charge in [0, 0.05) is 0 Å². The fourth-order valence-electron chi connectivity index (χ4n) is 6.07. The van der Waals surface area contributed by atoms with Crippen molar-refractivity contribution >= 4 is 66.8 Å². The molecule has 8 heterocycles. The van der Waals surface area contributed by atoms with Crippen LogP contribution in [0.2, 0.25) is 0 Å². The van der Waals surface area contributed by atoms with Crippen LogP contribution in [0.15, 0.2) is 19.0 Å². The van der Waals surface area contributed by atoms with Crippen LogP contribution in [0.1, 0.15) is 22.9 Å². The third-order valence-electron chi connectivity index (χ3n) is 8.14. The number of rotatable bonds is 2. The van der Waals surface area contributed by atoms with Gasteiger partial charge in [0.15, 0.2) is 42.1 Å². The first kappa shape index (κ1) is 30.9. The summed E-state index contributed by atoms with van der Waals surface area (Å²) in [6.45, 7) is -10.1. The van der Waals surface area contributed by atoms with E-state index >= 15 is 4.39 Å². The predicted octanol–water partition coefficient (Wildman–Crippen LogP) is 0.498. The van der Waals surface area contributed by atoms with Crippen LogP contribution in [-0.4, -0.2) is 97.3 Å². The number of nitrogens with two attached hydrogens (primary N) is 2. The molecule has 1 amide bonds. The number of aromatic nitrogens is 6. The van der Waals surface area contributed by atoms with Crippen LogP contribution in [0.25, 0.3) is 11.2 Å². The van der Waals surface area contributed by atoms with E-state index in [1.54, 1.807) is 0 Å². The van der Waals surface area contributed by atoms with Gasteiger partial charge in [-0.1, -0.05) is 24.5 Å². The molecule has 6 N–H and O–H groups in total. The number of amides is 1. The van der Waals surface area contributed by atoms with Crippen LogP contribution in [0.4, 0.5) is 16.0 Å². The number of fused-ring (bicyclic) bond motifs is 4. The summed E-state index contributed by atoms with van der Waals surface area (Å²) in [6, 6.07) is 0. The highest BCUT2D eigenvalue weighted by molar-refractivity contribution is 8.44. The van der Waals surface area contributed by atoms with Crippen molar-refractivity contribution in [3.05, 3.63) is 24.7 Å². The Balaban J connectivity index is 1.12. The molecule has 3 aromatic heterocycles. The first-order valence-electron chi connectivity index (χ1n) is 13.6. The molecular formula is C21H25FN10O10P2S2. The molecule has 3 aromatic rings. The van der Waals surface area contributed by atoms with Gasteiger partial charge in [0.05, 0.1) is 32.5 Å². The van der Waals surface area contributed by atoms with Gasteiger partial charge in [0.1, 0.15) is 47.7 Å². The summed E-state index contributed by atoms with van der Waals surface area (Å²) in [6.07, 6.45) is -6.75. The minimum atomic E-state index is -4.43. The second kappa shape index (κ2) is 10.8. The molecule has 0 aliphatic carbocycles. The van der Waals surface area contributed by atoms with Gasteiger partial charge in [0.25, 0.3) is 5.91 Å². The summed E-state index contributed by atoms with van der Waals surface area (Å²) in [5.41, 5.74) is 10.8. The quantitative estimate of drug-likeness (QED) is 0.156. The van der Waals surface area contributed by atoms with Crippen molar-refractivity contribution in [3.63, 3.8) is 0 Å². The summed E-state index contributed by atoms with van der Waals surface area (Å²) in [4.78, 5) is 28.9. The number of hydrogen-bond acceptors (Lipinski definition) is 17. The molecular weight excluding hydrogens is 697 g/mol. The van der Waals surface area contributed by atoms with Crippen LogP contribution in [0, 0.1) is 0 Å². The van der Waals surface area contributed by atoms with Crippen molar-refractivity contribution in [1.82, 2.24) is 34.4 Å². The number of thiol groups is 2. The van der Waals surface area contributed by atoms with E-state index in [4.69, 9.17) is 43.8 Å². The SMILES string of the molecule is Nc1ncnc2c1ncn2[C@@H]1O[C@@]23CO[C@@H]1[C@@H]2O[P@](=O)(S)OC[C@H]1O[C@@H](n2cnc4c2NC(N)NC4=O)[C@H](O[P@](=O)(S)OC3)[C@@H]1F. The third kappa shape index (κ3) is 4.96. The summed E-state index contributed by atoms with van der Waals surface area (Å²) in [5, 5.41) is 5.25. The van der Waals surface area contributed by atoms with E-state index in [0.29, 0.717) is 11.2 Å². The molecule has 0 saturated carbocycles. The topological polar surface area (TPSA) is 253 Å². The largest absolute Gasteiger partial charge is 0.386 e. The minimum absolute atomic E-state index is 0.0548. The lowest BCUT2D eigenvalue weighted by atomic mass is 10.0. The maximum atomic E-state index is 16.0. The lowest BCUT2D eigenvalue weighted by Crippen LogP contribution is -2.51. The number of carbonyl (C=O) groups is 1. The zero-order chi connectivity index (χ0) is 32.2. The molecule has 4 bridgehead atoms. The molecule has 25 heteroatoms. The standard InChI is InChI=1S/C21H25FN10O10P2S2/c22-8-7-1-37-43(34,45)42-13-12-19(31-5-27-9-14(23)25-4-26-15(9)31)40-21(13,2-36-12)3-38-44(35,46)41-11(8)18(39-7)32-6-28-10-16(32)29-20(24)30-17(10)33/h4-8,11-13,18-20,29H,1-3,24H2,(H,30,33)(H,34,45)(H,35,46)(H2,23,25,26)/t7-,8-,11-,12-,13+,18-,19-,20?,21-,43-,44-/m1/s1. The van der Waals surface area contributed by atoms with Gasteiger partial charge in [-0.15, -0.1) is 0 Å². The number of nitrogen functional groups attached to an aromatic ring is 1. The van der Waals surface area contributed by atoms with Crippen molar-refractivity contribution in [1.29, 1.82) is 0 Å². The van der Waals surface area contributed by atoms with E-state index in [0.717, 1.165) is 0 Å². The highest BCUT2D eigenvalue weighted by Gasteiger charge is 2.66. The summed E-state index contributed by atoms with van der Waals surface area (Å²) in [5.74, 6) is -0.372. The zero-order valence-corrected chi connectivity index (χ0v) is 26.6.